The van der Waals surface area contributed by atoms with E-state index in [2.05, 4.69) is 10.5 Å². The summed E-state index contributed by atoms with van der Waals surface area (Å²) in [6, 6.07) is 1.50. The molecule has 0 saturated carbocycles. The molecule has 1 aromatic rings. The molecule has 2 N–H and O–H groups in total. The number of aliphatic hydroxyl groups is 1. The number of nitrogens with zero attached hydrogens (tertiary/aromatic N) is 1. The fraction of sp³-hybridized carbons (Fsp3) is 0.750. The Bertz CT molecular complexity index is 689. The molecule has 0 aliphatic carbocycles. The molecule has 0 saturated heterocycles. The number of nitrogens with one attached hydrogen (secondary N) is 1. The summed E-state index contributed by atoms with van der Waals surface area (Å²) in [7, 11) is -3.66. The van der Waals surface area contributed by atoms with Gasteiger partial charge in [-0.2, -0.15) is 0 Å². The summed E-state index contributed by atoms with van der Waals surface area (Å²) in [5.74, 6) is -0.628. The van der Waals surface area contributed by atoms with Crippen LogP contribution in [-0.4, -0.2) is 40.7 Å². The van der Waals surface area contributed by atoms with Crippen LogP contribution in [0.3, 0.4) is 0 Å². The molecular weight excluding hydrogens is 332 g/mol. The summed E-state index contributed by atoms with van der Waals surface area (Å²) in [6.45, 7) is 11.3. The minimum Gasteiger partial charge on any atom is -0.392 e. The van der Waals surface area contributed by atoms with Crippen LogP contribution in [0.4, 0.5) is 5.88 Å². The SMILES string of the molecule is CC[C@H](C)S(=O)(=O)C(C)(C)C(=O)Nc1cc(C(C)(C)[C@H](C)O)no1. The number of rotatable bonds is 7. The zero-order chi connectivity index (χ0) is 18.9. The van der Waals surface area contributed by atoms with Crippen LogP contribution in [0.5, 0.6) is 0 Å². The first kappa shape index (κ1) is 20.6. The van der Waals surface area contributed by atoms with Gasteiger partial charge >= 0.3 is 0 Å². The number of amides is 1. The maximum Gasteiger partial charge on any atom is 0.247 e. The van der Waals surface area contributed by atoms with Crippen LogP contribution in [0.2, 0.25) is 0 Å². The van der Waals surface area contributed by atoms with E-state index in [1.807, 2.05) is 0 Å². The fourth-order valence-corrected chi connectivity index (χ4v) is 3.72. The van der Waals surface area contributed by atoms with Crippen molar-refractivity contribution in [3.8, 4) is 0 Å². The van der Waals surface area contributed by atoms with E-state index in [1.54, 1.807) is 34.6 Å². The highest BCUT2D eigenvalue weighted by atomic mass is 32.2. The predicted molar refractivity (Wildman–Crippen MR) is 92.6 cm³/mol. The van der Waals surface area contributed by atoms with Gasteiger partial charge < -0.3 is 9.63 Å². The second kappa shape index (κ2) is 6.84. The quantitative estimate of drug-likeness (QED) is 0.772. The predicted octanol–water partition coefficient (Wildman–Crippen LogP) is 2.26. The molecule has 0 radical (unpaired) electrons. The highest BCUT2D eigenvalue weighted by molar-refractivity contribution is 7.94. The number of carbonyl (C=O) groups excluding carboxylic acids is 1. The van der Waals surface area contributed by atoms with E-state index in [4.69, 9.17) is 4.52 Å². The van der Waals surface area contributed by atoms with Crippen molar-refractivity contribution in [3.05, 3.63) is 11.8 Å². The molecule has 1 rings (SSSR count). The first-order valence-electron chi connectivity index (χ1n) is 7.98. The molecular formula is C16H28N2O5S. The Balaban J connectivity index is 3.03. The maximum absolute atomic E-state index is 12.5. The van der Waals surface area contributed by atoms with Gasteiger partial charge in [-0.15, -0.1) is 0 Å². The topological polar surface area (TPSA) is 110 Å². The number of aliphatic hydroxyl groups excluding tert-OH is 1. The van der Waals surface area contributed by atoms with Crippen LogP contribution in [0.1, 0.15) is 60.6 Å². The molecule has 0 aromatic carbocycles. The van der Waals surface area contributed by atoms with Gasteiger partial charge in [0.2, 0.25) is 11.8 Å². The van der Waals surface area contributed by atoms with E-state index in [1.165, 1.54) is 19.9 Å². The molecule has 0 aliphatic heterocycles. The Morgan fingerprint density at radius 2 is 1.88 bits per heavy atom. The molecule has 0 aliphatic rings. The van der Waals surface area contributed by atoms with Crippen LogP contribution in [0.25, 0.3) is 0 Å². The molecule has 24 heavy (non-hydrogen) atoms. The van der Waals surface area contributed by atoms with Crippen molar-refractivity contribution >= 4 is 21.6 Å². The lowest BCUT2D eigenvalue weighted by Crippen LogP contribution is -2.48. The first-order chi connectivity index (χ1) is 10.8. The Morgan fingerprint density at radius 3 is 2.33 bits per heavy atom. The molecule has 0 unspecified atom stereocenters. The smallest absolute Gasteiger partial charge is 0.247 e. The Kier molecular flexibility index (Phi) is 5.88. The summed E-state index contributed by atoms with van der Waals surface area (Å²) in [6.07, 6.45) is -0.248. The lowest BCUT2D eigenvalue weighted by atomic mass is 9.84. The highest BCUT2D eigenvalue weighted by Gasteiger charge is 2.44. The molecule has 1 heterocycles. The van der Waals surface area contributed by atoms with E-state index < -0.39 is 37.3 Å². The highest BCUT2D eigenvalue weighted by Crippen LogP contribution is 2.29. The second-order valence-corrected chi connectivity index (χ2v) is 10.1. The summed E-state index contributed by atoms with van der Waals surface area (Å²) in [4.78, 5) is 12.5. The van der Waals surface area contributed by atoms with Gasteiger partial charge in [0.1, 0.15) is 4.75 Å². The summed E-state index contributed by atoms with van der Waals surface area (Å²) in [5, 5.41) is 15.5. The van der Waals surface area contributed by atoms with Crippen LogP contribution >= 0.6 is 0 Å². The molecule has 1 amide bonds. The third kappa shape index (κ3) is 3.64. The van der Waals surface area contributed by atoms with Gasteiger partial charge in [0.25, 0.3) is 0 Å². The Morgan fingerprint density at radius 1 is 1.33 bits per heavy atom. The van der Waals surface area contributed by atoms with Crippen LogP contribution in [-0.2, 0) is 20.0 Å². The number of aromatic nitrogens is 1. The van der Waals surface area contributed by atoms with E-state index in [-0.39, 0.29) is 5.88 Å². The molecule has 2 atom stereocenters. The Labute approximate surface area is 143 Å². The first-order valence-corrected chi connectivity index (χ1v) is 9.53. The summed E-state index contributed by atoms with van der Waals surface area (Å²) < 4.78 is 28.5. The normalized spacial score (nSPS) is 15.8. The lowest BCUT2D eigenvalue weighted by molar-refractivity contribution is -0.118. The van der Waals surface area contributed by atoms with Crippen molar-refractivity contribution in [1.82, 2.24) is 5.16 Å². The number of hydrogen-bond acceptors (Lipinski definition) is 6. The van der Waals surface area contributed by atoms with Crippen molar-refractivity contribution in [1.29, 1.82) is 0 Å². The molecule has 138 valence electrons. The minimum atomic E-state index is -3.66. The van der Waals surface area contributed by atoms with Crippen molar-refractivity contribution in [2.75, 3.05) is 5.32 Å². The largest absolute Gasteiger partial charge is 0.392 e. The fourth-order valence-electron chi connectivity index (χ4n) is 1.97. The molecule has 0 fully saturated rings. The summed E-state index contributed by atoms with van der Waals surface area (Å²) in [5.41, 5.74) is -0.194. The van der Waals surface area contributed by atoms with Crippen molar-refractivity contribution < 1.29 is 22.8 Å². The van der Waals surface area contributed by atoms with Crippen molar-refractivity contribution in [2.45, 2.75) is 76.4 Å². The monoisotopic (exact) mass is 360 g/mol. The zero-order valence-electron chi connectivity index (χ0n) is 15.4. The second-order valence-electron chi connectivity index (χ2n) is 7.20. The van der Waals surface area contributed by atoms with Gasteiger partial charge in [-0.1, -0.05) is 25.9 Å². The van der Waals surface area contributed by atoms with Gasteiger partial charge in [0.05, 0.1) is 17.0 Å². The Hall–Kier alpha value is -1.41. The minimum absolute atomic E-state index is 0.0520. The number of hydrogen-bond donors (Lipinski definition) is 2. The third-order valence-electron chi connectivity index (χ3n) is 4.81. The molecule has 1 aromatic heterocycles. The molecule has 0 spiro atoms. The maximum atomic E-state index is 12.5. The van der Waals surface area contributed by atoms with Crippen LogP contribution in [0.15, 0.2) is 10.6 Å². The standard InChI is InChI=1S/C16H28N2O5S/c1-8-10(2)24(21,22)16(6,7)14(20)17-13-9-12(18-23-13)15(4,5)11(3)19/h9-11,19H,8H2,1-7H3,(H,17,20)/t10-,11-/m0/s1. The lowest BCUT2D eigenvalue weighted by Gasteiger charge is -2.26. The molecule has 0 bridgehead atoms. The van der Waals surface area contributed by atoms with Gasteiger partial charge in [-0.25, -0.2) is 8.42 Å². The molecule has 8 heteroatoms. The van der Waals surface area contributed by atoms with Crippen molar-refractivity contribution in [2.24, 2.45) is 0 Å². The van der Waals surface area contributed by atoms with E-state index in [0.29, 0.717) is 12.1 Å². The van der Waals surface area contributed by atoms with Gasteiger partial charge in [0.15, 0.2) is 9.84 Å². The van der Waals surface area contributed by atoms with E-state index in [0.717, 1.165) is 0 Å². The van der Waals surface area contributed by atoms with Gasteiger partial charge in [0, 0.05) is 11.5 Å². The zero-order valence-corrected chi connectivity index (χ0v) is 16.2. The van der Waals surface area contributed by atoms with Crippen molar-refractivity contribution in [3.63, 3.8) is 0 Å². The molecule has 7 nitrogen and oxygen atoms in total. The van der Waals surface area contributed by atoms with E-state index >= 15 is 0 Å². The average Bonchev–Trinajstić information content (AvgIpc) is 2.94. The van der Waals surface area contributed by atoms with E-state index in [9.17, 15) is 18.3 Å². The number of sulfone groups is 1. The van der Waals surface area contributed by atoms with Gasteiger partial charge in [-0.05, 0) is 34.1 Å². The van der Waals surface area contributed by atoms with Crippen LogP contribution in [0, 0.1) is 0 Å². The van der Waals surface area contributed by atoms with Crippen LogP contribution < -0.4 is 5.32 Å². The van der Waals surface area contributed by atoms with Gasteiger partial charge in [-0.3, -0.25) is 10.1 Å². The third-order valence-corrected chi connectivity index (χ3v) is 7.81. The number of anilines is 1. The number of carbonyl (C=O) groups is 1. The summed E-state index contributed by atoms with van der Waals surface area (Å²) >= 11 is 0. The average molecular weight is 360 g/mol.